The molecule has 0 radical (unpaired) electrons. The van der Waals surface area contributed by atoms with Gasteiger partial charge >= 0.3 is 0 Å². The molecule has 1 amide bonds. The summed E-state index contributed by atoms with van der Waals surface area (Å²) >= 11 is 8.33. The van der Waals surface area contributed by atoms with Crippen LogP contribution in [0.25, 0.3) is 0 Å². The van der Waals surface area contributed by atoms with Gasteiger partial charge in [0, 0.05) is 4.47 Å². The number of rotatable bonds is 3. The molecule has 2 N–H and O–H groups in total. The number of anilines is 1. The van der Waals surface area contributed by atoms with Gasteiger partial charge in [-0.25, -0.2) is 0 Å². The average molecular weight is 355 g/mol. The Morgan fingerprint density at radius 2 is 2.20 bits per heavy atom. The summed E-state index contributed by atoms with van der Waals surface area (Å²) in [5, 5.41) is 16.9. The number of hydrogen-bond acceptors (Lipinski definition) is 5. The topological polar surface area (TPSA) is 84.7 Å². The first-order valence-corrected chi connectivity index (χ1v) is 6.95. The van der Waals surface area contributed by atoms with Gasteiger partial charge in [-0.15, -0.1) is 5.10 Å². The van der Waals surface area contributed by atoms with Crippen molar-refractivity contribution >= 4 is 45.1 Å². The number of carbonyl (C=O) groups is 1. The van der Waals surface area contributed by atoms with Crippen LogP contribution in [0.4, 0.5) is 5.95 Å². The molecule has 0 aliphatic carbocycles. The second-order valence-electron chi connectivity index (χ2n) is 3.69. The molecule has 0 unspecified atom stereocenters. The molecular formula is C11H11BrN6OS. The standard InChI is InChI=1S/C11H11BrN6OS/c1-2-18-16-10(15-17-18)14-11(20)13-9(19)7-5-3-4-6-8(7)12/h3-6H,2H2,1H3,(H2,13,14,16,19,20). The van der Waals surface area contributed by atoms with Crippen LogP contribution in [0, 0.1) is 0 Å². The Morgan fingerprint density at radius 3 is 2.85 bits per heavy atom. The molecule has 20 heavy (non-hydrogen) atoms. The van der Waals surface area contributed by atoms with Gasteiger partial charge in [0.15, 0.2) is 5.11 Å². The third-order valence-corrected chi connectivity index (χ3v) is 3.20. The first kappa shape index (κ1) is 14.5. The van der Waals surface area contributed by atoms with Gasteiger partial charge in [0.05, 0.1) is 12.1 Å². The van der Waals surface area contributed by atoms with Crippen molar-refractivity contribution in [1.82, 2.24) is 25.5 Å². The normalized spacial score (nSPS) is 10.1. The van der Waals surface area contributed by atoms with Crippen LogP contribution in [0.3, 0.4) is 0 Å². The molecule has 1 heterocycles. The Hall–Kier alpha value is -1.87. The second kappa shape index (κ2) is 6.53. The maximum absolute atomic E-state index is 12.0. The lowest BCUT2D eigenvalue weighted by Gasteiger charge is -2.07. The Kier molecular flexibility index (Phi) is 4.74. The highest BCUT2D eigenvalue weighted by atomic mass is 79.9. The summed E-state index contributed by atoms with van der Waals surface area (Å²) in [6.07, 6.45) is 0. The molecule has 2 rings (SSSR count). The van der Waals surface area contributed by atoms with Crippen LogP contribution in [0.1, 0.15) is 17.3 Å². The number of hydrogen-bond donors (Lipinski definition) is 2. The number of amides is 1. The Morgan fingerprint density at radius 1 is 1.45 bits per heavy atom. The van der Waals surface area contributed by atoms with Crippen molar-refractivity contribution in [3.63, 3.8) is 0 Å². The predicted molar refractivity (Wildman–Crippen MR) is 81.3 cm³/mol. The van der Waals surface area contributed by atoms with E-state index in [4.69, 9.17) is 12.2 Å². The average Bonchev–Trinajstić information content (AvgIpc) is 2.86. The Bertz CT molecular complexity index is 643. The fourth-order valence-corrected chi connectivity index (χ4v) is 2.02. The van der Waals surface area contributed by atoms with E-state index in [1.54, 1.807) is 18.2 Å². The lowest BCUT2D eigenvalue weighted by Crippen LogP contribution is -2.34. The Balaban J connectivity index is 1.98. The van der Waals surface area contributed by atoms with Crippen molar-refractivity contribution in [2.45, 2.75) is 13.5 Å². The number of nitrogens with zero attached hydrogens (tertiary/aromatic N) is 4. The highest BCUT2D eigenvalue weighted by molar-refractivity contribution is 9.10. The molecular weight excluding hydrogens is 344 g/mol. The number of nitrogens with one attached hydrogen (secondary N) is 2. The van der Waals surface area contributed by atoms with Gasteiger partial charge in [-0.05, 0) is 52.4 Å². The van der Waals surface area contributed by atoms with Crippen molar-refractivity contribution in [3.05, 3.63) is 34.3 Å². The van der Waals surface area contributed by atoms with Gasteiger partial charge in [-0.3, -0.25) is 15.4 Å². The van der Waals surface area contributed by atoms with E-state index in [1.807, 2.05) is 13.0 Å². The van der Waals surface area contributed by atoms with Crippen LogP contribution in [0.2, 0.25) is 0 Å². The molecule has 0 saturated heterocycles. The van der Waals surface area contributed by atoms with Gasteiger partial charge in [0.1, 0.15) is 0 Å². The predicted octanol–water partition coefficient (Wildman–Crippen LogP) is 1.58. The van der Waals surface area contributed by atoms with Gasteiger partial charge in [0.25, 0.3) is 11.9 Å². The SMILES string of the molecule is CCn1nnc(NC(=S)NC(=O)c2ccccc2Br)n1. The molecule has 0 aliphatic heterocycles. The molecule has 0 aliphatic rings. The number of tetrazole rings is 1. The number of aromatic nitrogens is 4. The summed E-state index contributed by atoms with van der Waals surface area (Å²) < 4.78 is 0.690. The van der Waals surface area contributed by atoms with Crippen LogP contribution in [-0.4, -0.2) is 31.2 Å². The zero-order valence-corrected chi connectivity index (χ0v) is 12.9. The highest BCUT2D eigenvalue weighted by Gasteiger charge is 2.12. The van der Waals surface area contributed by atoms with E-state index in [1.165, 1.54) is 4.80 Å². The van der Waals surface area contributed by atoms with Gasteiger partial charge in [-0.2, -0.15) is 4.80 Å². The van der Waals surface area contributed by atoms with Crippen LogP contribution in [0.15, 0.2) is 28.7 Å². The molecule has 104 valence electrons. The number of halogens is 1. The lowest BCUT2D eigenvalue weighted by molar-refractivity contribution is 0.0977. The quantitative estimate of drug-likeness (QED) is 0.814. The summed E-state index contributed by atoms with van der Waals surface area (Å²) in [5.74, 6) is -0.0814. The van der Waals surface area contributed by atoms with Crippen molar-refractivity contribution in [1.29, 1.82) is 0 Å². The lowest BCUT2D eigenvalue weighted by atomic mass is 10.2. The van der Waals surface area contributed by atoms with Crippen molar-refractivity contribution in [2.24, 2.45) is 0 Å². The fourth-order valence-electron chi connectivity index (χ4n) is 1.38. The zero-order valence-electron chi connectivity index (χ0n) is 10.5. The first-order chi connectivity index (χ1) is 9.60. The smallest absolute Gasteiger partial charge is 0.269 e. The van der Waals surface area contributed by atoms with E-state index in [2.05, 4.69) is 42.0 Å². The minimum Gasteiger partial charge on any atom is -0.299 e. The minimum atomic E-state index is -0.321. The van der Waals surface area contributed by atoms with Crippen molar-refractivity contribution in [3.8, 4) is 0 Å². The number of aryl methyl sites for hydroxylation is 1. The van der Waals surface area contributed by atoms with Gasteiger partial charge in [0.2, 0.25) is 0 Å². The largest absolute Gasteiger partial charge is 0.299 e. The van der Waals surface area contributed by atoms with Crippen LogP contribution in [-0.2, 0) is 6.54 Å². The molecule has 0 saturated carbocycles. The molecule has 2 aromatic rings. The van der Waals surface area contributed by atoms with Gasteiger partial charge in [-0.1, -0.05) is 17.2 Å². The molecule has 0 bridgehead atoms. The maximum atomic E-state index is 12.0. The molecule has 0 fully saturated rings. The summed E-state index contributed by atoms with van der Waals surface area (Å²) in [4.78, 5) is 13.4. The number of thiocarbonyl (C=S) groups is 1. The van der Waals surface area contributed by atoms with Crippen molar-refractivity contribution < 1.29 is 4.79 Å². The molecule has 9 heteroatoms. The van der Waals surface area contributed by atoms with E-state index in [0.29, 0.717) is 16.6 Å². The van der Waals surface area contributed by atoms with E-state index in [9.17, 15) is 4.79 Å². The minimum absolute atomic E-state index is 0.112. The van der Waals surface area contributed by atoms with Crippen LogP contribution < -0.4 is 10.6 Å². The molecule has 1 aromatic heterocycles. The molecule has 0 atom stereocenters. The van der Waals surface area contributed by atoms with Crippen LogP contribution >= 0.6 is 28.1 Å². The zero-order chi connectivity index (χ0) is 14.5. The van der Waals surface area contributed by atoms with E-state index >= 15 is 0 Å². The van der Waals surface area contributed by atoms with Gasteiger partial charge < -0.3 is 0 Å². The Labute approximate surface area is 128 Å². The summed E-state index contributed by atoms with van der Waals surface area (Å²) in [6, 6.07) is 7.06. The third-order valence-electron chi connectivity index (χ3n) is 2.31. The summed E-state index contributed by atoms with van der Waals surface area (Å²) in [7, 11) is 0. The number of benzene rings is 1. The van der Waals surface area contributed by atoms with Crippen molar-refractivity contribution in [2.75, 3.05) is 5.32 Å². The third kappa shape index (κ3) is 3.58. The maximum Gasteiger partial charge on any atom is 0.269 e. The molecule has 7 nitrogen and oxygen atoms in total. The highest BCUT2D eigenvalue weighted by Crippen LogP contribution is 2.15. The summed E-state index contributed by atoms with van der Waals surface area (Å²) in [5.41, 5.74) is 0.488. The van der Waals surface area contributed by atoms with E-state index in [0.717, 1.165) is 0 Å². The van der Waals surface area contributed by atoms with Crippen LogP contribution in [0.5, 0.6) is 0 Å². The molecule has 0 spiro atoms. The fraction of sp³-hybridized carbons (Fsp3) is 0.182. The first-order valence-electron chi connectivity index (χ1n) is 5.75. The summed E-state index contributed by atoms with van der Waals surface area (Å²) in [6.45, 7) is 2.49. The second-order valence-corrected chi connectivity index (χ2v) is 4.95. The van der Waals surface area contributed by atoms with E-state index in [-0.39, 0.29) is 17.0 Å². The monoisotopic (exact) mass is 354 g/mol. The molecule has 1 aromatic carbocycles. The number of carbonyl (C=O) groups excluding carboxylic acids is 1. The van der Waals surface area contributed by atoms with E-state index < -0.39 is 0 Å².